The molecule has 8 heteroatoms. The molecular weight excluding hydrogens is 434 g/mol. The van der Waals surface area contributed by atoms with Crippen molar-refractivity contribution >= 4 is 17.2 Å². The Morgan fingerprint density at radius 3 is 2.59 bits per heavy atom. The van der Waals surface area contributed by atoms with E-state index in [1.54, 1.807) is 19.2 Å². The largest absolute Gasteiger partial charge is 0.511 e. The fourth-order valence-corrected chi connectivity index (χ4v) is 4.61. The Kier molecular flexibility index (Phi) is 7.26. The van der Waals surface area contributed by atoms with Crippen molar-refractivity contribution in [3.05, 3.63) is 47.8 Å². The quantitative estimate of drug-likeness (QED) is 0.356. The lowest BCUT2D eigenvalue weighted by Crippen LogP contribution is -2.34. The number of benzene rings is 2. The highest BCUT2D eigenvalue weighted by molar-refractivity contribution is 5.79. The van der Waals surface area contributed by atoms with Crippen molar-refractivity contribution in [1.82, 2.24) is 14.5 Å². The summed E-state index contributed by atoms with van der Waals surface area (Å²) in [5, 5.41) is 8.86. The van der Waals surface area contributed by atoms with Gasteiger partial charge in [-0.15, -0.1) is 0 Å². The molecule has 0 unspecified atom stereocenters. The normalized spacial score (nSPS) is 15.1. The van der Waals surface area contributed by atoms with Crippen LogP contribution in [0.1, 0.15) is 44.1 Å². The van der Waals surface area contributed by atoms with Gasteiger partial charge in [0.15, 0.2) is 11.5 Å². The van der Waals surface area contributed by atoms with Crippen molar-refractivity contribution in [2.45, 2.75) is 46.2 Å². The van der Waals surface area contributed by atoms with Crippen LogP contribution in [0.15, 0.2) is 36.4 Å². The molecule has 182 valence electrons. The van der Waals surface area contributed by atoms with E-state index >= 15 is 0 Å². The van der Waals surface area contributed by atoms with E-state index in [1.807, 2.05) is 19.1 Å². The van der Waals surface area contributed by atoms with Crippen molar-refractivity contribution in [1.29, 1.82) is 0 Å². The molecule has 1 fully saturated rings. The Balaban J connectivity index is 1.42. The molecule has 3 aromatic rings. The second-order valence-electron chi connectivity index (χ2n) is 9.24. The molecule has 1 aliphatic heterocycles. The van der Waals surface area contributed by atoms with E-state index < -0.39 is 6.16 Å². The zero-order chi connectivity index (χ0) is 24.2. The topological polar surface area (TPSA) is 86.0 Å². The second-order valence-corrected chi connectivity index (χ2v) is 9.24. The molecule has 0 radical (unpaired) electrons. The van der Waals surface area contributed by atoms with Gasteiger partial charge in [0.05, 0.1) is 24.8 Å². The number of carbonyl (C=O) groups is 1. The average molecular weight is 468 g/mol. The number of nitrogens with zero attached hydrogens (tertiary/aromatic N) is 3. The van der Waals surface area contributed by atoms with E-state index in [4.69, 9.17) is 19.3 Å². The number of aromatic nitrogens is 2. The van der Waals surface area contributed by atoms with E-state index in [0.29, 0.717) is 18.6 Å². The standard InChI is InChI=1S/C26H33N3O5/c1-17(2)16-33-25-13-19(5-8-24(25)32-4)15-28-11-9-20(10-12-28)29-18(3)27-22-14-21(34-26(30)31)6-7-23(22)29/h5-8,13-14,17,20H,9-12,15-16H2,1-4H3,(H,30,31). The maximum Gasteiger partial charge on any atom is 0.511 e. The third-order valence-electron chi connectivity index (χ3n) is 6.17. The van der Waals surface area contributed by atoms with Crippen molar-refractivity contribution in [2.24, 2.45) is 5.92 Å². The number of hydrogen-bond acceptors (Lipinski definition) is 6. The molecule has 2 aromatic carbocycles. The number of piperidine rings is 1. The van der Waals surface area contributed by atoms with E-state index in [9.17, 15) is 4.79 Å². The van der Waals surface area contributed by atoms with Crippen LogP contribution in [0, 0.1) is 12.8 Å². The summed E-state index contributed by atoms with van der Waals surface area (Å²) < 4.78 is 18.5. The van der Waals surface area contributed by atoms with Gasteiger partial charge in [0.1, 0.15) is 11.6 Å². The molecule has 0 atom stereocenters. The highest BCUT2D eigenvalue weighted by atomic mass is 16.7. The third kappa shape index (κ3) is 5.44. The molecule has 1 aromatic heterocycles. The predicted octanol–water partition coefficient (Wildman–Crippen LogP) is 5.28. The van der Waals surface area contributed by atoms with Gasteiger partial charge in [0, 0.05) is 31.7 Å². The third-order valence-corrected chi connectivity index (χ3v) is 6.17. The maximum absolute atomic E-state index is 10.8. The number of likely N-dealkylation sites (tertiary alicyclic amines) is 1. The molecule has 1 N–H and O–H groups in total. The predicted molar refractivity (Wildman–Crippen MR) is 130 cm³/mol. The van der Waals surface area contributed by atoms with Crippen LogP contribution in [-0.2, 0) is 6.54 Å². The van der Waals surface area contributed by atoms with Gasteiger partial charge in [-0.3, -0.25) is 4.90 Å². The molecule has 0 saturated carbocycles. The molecule has 2 heterocycles. The second kappa shape index (κ2) is 10.3. The van der Waals surface area contributed by atoms with Crippen LogP contribution < -0.4 is 14.2 Å². The minimum absolute atomic E-state index is 0.288. The van der Waals surface area contributed by atoms with E-state index in [2.05, 4.69) is 40.4 Å². The molecular formula is C26H33N3O5. The number of rotatable bonds is 8. The van der Waals surface area contributed by atoms with E-state index in [0.717, 1.165) is 60.8 Å². The van der Waals surface area contributed by atoms with Crippen LogP contribution in [0.3, 0.4) is 0 Å². The van der Waals surface area contributed by atoms with Crippen molar-refractivity contribution in [3.63, 3.8) is 0 Å². The molecule has 8 nitrogen and oxygen atoms in total. The molecule has 0 aliphatic carbocycles. The summed E-state index contributed by atoms with van der Waals surface area (Å²) in [6.07, 6.45) is 0.720. The van der Waals surface area contributed by atoms with Crippen molar-refractivity contribution in [3.8, 4) is 17.2 Å². The number of carboxylic acid groups (broad SMARTS) is 1. The molecule has 1 aliphatic rings. The van der Waals surface area contributed by atoms with E-state index in [-0.39, 0.29) is 5.75 Å². The first kappa shape index (κ1) is 23.9. The first-order chi connectivity index (χ1) is 16.3. The summed E-state index contributed by atoms with van der Waals surface area (Å²) in [7, 11) is 1.67. The number of aryl methyl sites for hydroxylation is 1. The van der Waals surface area contributed by atoms with Crippen LogP contribution in [0.4, 0.5) is 4.79 Å². The van der Waals surface area contributed by atoms with Crippen LogP contribution in [0.2, 0.25) is 0 Å². The Morgan fingerprint density at radius 1 is 1.15 bits per heavy atom. The zero-order valence-electron chi connectivity index (χ0n) is 20.3. The van der Waals surface area contributed by atoms with Gasteiger partial charge in [0.2, 0.25) is 0 Å². The highest BCUT2D eigenvalue weighted by Crippen LogP contribution is 2.32. The van der Waals surface area contributed by atoms with Crippen molar-refractivity contribution < 1.29 is 24.1 Å². The van der Waals surface area contributed by atoms with Gasteiger partial charge in [-0.2, -0.15) is 0 Å². The summed E-state index contributed by atoms with van der Waals surface area (Å²) in [6.45, 7) is 9.76. The van der Waals surface area contributed by atoms with Gasteiger partial charge < -0.3 is 23.9 Å². The molecule has 34 heavy (non-hydrogen) atoms. The lowest BCUT2D eigenvalue weighted by atomic mass is 10.0. The zero-order valence-corrected chi connectivity index (χ0v) is 20.3. The first-order valence-corrected chi connectivity index (χ1v) is 11.8. The molecule has 4 rings (SSSR count). The Morgan fingerprint density at radius 2 is 1.91 bits per heavy atom. The number of methoxy groups -OCH3 is 1. The Hall–Kier alpha value is -3.26. The summed E-state index contributed by atoms with van der Waals surface area (Å²) in [5.41, 5.74) is 2.98. The minimum atomic E-state index is -1.32. The number of hydrogen-bond donors (Lipinski definition) is 1. The summed E-state index contributed by atoms with van der Waals surface area (Å²) in [6, 6.07) is 11.8. The average Bonchev–Trinajstić information content (AvgIpc) is 3.13. The fraction of sp³-hybridized carbons (Fsp3) is 0.462. The van der Waals surface area contributed by atoms with Crippen LogP contribution in [0.5, 0.6) is 17.2 Å². The summed E-state index contributed by atoms with van der Waals surface area (Å²) in [5.74, 6) is 3.24. The maximum atomic E-state index is 10.8. The molecule has 1 saturated heterocycles. The fourth-order valence-electron chi connectivity index (χ4n) is 4.61. The van der Waals surface area contributed by atoms with Gasteiger partial charge in [0.25, 0.3) is 0 Å². The van der Waals surface area contributed by atoms with Crippen molar-refractivity contribution in [2.75, 3.05) is 26.8 Å². The first-order valence-electron chi connectivity index (χ1n) is 11.8. The lowest BCUT2D eigenvalue weighted by Gasteiger charge is -2.33. The van der Waals surface area contributed by atoms with E-state index in [1.165, 1.54) is 5.56 Å². The number of imidazole rings is 1. The molecule has 0 amide bonds. The van der Waals surface area contributed by atoms with Crippen LogP contribution >= 0.6 is 0 Å². The SMILES string of the molecule is COc1ccc(CN2CCC(n3c(C)nc4cc(OC(=O)O)ccc43)CC2)cc1OCC(C)C. The number of ether oxygens (including phenoxy) is 3. The Labute approximate surface area is 200 Å². The van der Waals surface area contributed by atoms with Crippen LogP contribution in [0.25, 0.3) is 11.0 Å². The Bertz CT molecular complexity index is 1150. The smallest absolute Gasteiger partial charge is 0.493 e. The minimum Gasteiger partial charge on any atom is -0.493 e. The van der Waals surface area contributed by atoms with Gasteiger partial charge >= 0.3 is 6.16 Å². The van der Waals surface area contributed by atoms with Gasteiger partial charge in [-0.25, -0.2) is 9.78 Å². The summed E-state index contributed by atoms with van der Waals surface area (Å²) >= 11 is 0. The number of fused-ring (bicyclic) bond motifs is 1. The lowest BCUT2D eigenvalue weighted by molar-refractivity contribution is 0.144. The highest BCUT2D eigenvalue weighted by Gasteiger charge is 2.24. The summed E-state index contributed by atoms with van der Waals surface area (Å²) in [4.78, 5) is 17.9. The molecule has 0 spiro atoms. The van der Waals surface area contributed by atoms with Crippen LogP contribution in [-0.4, -0.2) is 52.5 Å². The van der Waals surface area contributed by atoms with Gasteiger partial charge in [-0.1, -0.05) is 19.9 Å². The molecule has 0 bridgehead atoms. The van der Waals surface area contributed by atoms with Gasteiger partial charge in [-0.05, 0) is 55.5 Å². The monoisotopic (exact) mass is 467 g/mol.